The average Bonchev–Trinajstić information content (AvgIpc) is 2.81. The predicted octanol–water partition coefficient (Wildman–Crippen LogP) is 3.85. The first kappa shape index (κ1) is 17.9. The van der Waals surface area contributed by atoms with E-state index in [9.17, 15) is 4.79 Å². The smallest absolute Gasteiger partial charge is 0.348 e. The van der Waals surface area contributed by atoms with Crippen molar-refractivity contribution in [1.82, 2.24) is 9.97 Å². The molecule has 0 atom stereocenters. The number of esters is 1. The Morgan fingerprint density at radius 3 is 2.92 bits per heavy atom. The van der Waals surface area contributed by atoms with Gasteiger partial charge in [0.05, 0.1) is 17.5 Å². The molecule has 1 aliphatic rings. The van der Waals surface area contributed by atoms with Gasteiger partial charge in [-0.3, -0.25) is 0 Å². The van der Waals surface area contributed by atoms with Gasteiger partial charge in [-0.1, -0.05) is 18.2 Å². The molecule has 0 unspecified atom stereocenters. The van der Waals surface area contributed by atoms with E-state index < -0.39 is 5.54 Å². The zero-order valence-electron chi connectivity index (χ0n) is 14.9. The van der Waals surface area contributed by atoms with Gasteiger partial charge in [0.25, 0.3) is 0 Å². The van der Waals surface area contributed by atoms with Crippen molar-refractivity contribution in [3.63, 3.8) is 0 Å². The molecule has 2 aromatic heterocycles. The van der Waals surface area contributed by atoms with Crippen molar-refractivity contribution in [1.29, 1.82) is 0 Å². The van der Waals surface area contributed by atoms with Crippen LogP contribution >= 0.6 is 11.3 Å². The van der Waals surface area contributed by atoms with Crippen LogP contribution in [0.15, 0.2) is 47.8 Å². The molecule has 6 nitrogen and oxygen atoms in total. The van der Waals surface area contributed by atoms with Crippen molar-refractivity contribution in [3.05, 3.63) is 52.6 Å². The Bertz CT molecular complexity index is 979. The minimum Gasteiger partial charge on any atom is -0.462 e. The Balaban J connectivity index is 2.01. The summed E-state index contributed by atoms with van der Waals surface area (Å²) in [5.74, 6) is 0.350. The monoisotopic (exact) mass is 368 g/mol. The van der Waals surface area contributed by atoms with E-state index in [1.165, 1.54) is 11.3 Å². The van der Waals surface area contributed by atoms with Gasteiger partial charge in [0.2, 0.25) is 5.95 Å². The Labute approximate surface area is 155 Å². The molecular weight excluding hydrogens is 348 g/mol. The van der Waals surface area contributed by atoms with Gasteiger partial charge in [0.15, 0.2) is 0 Å². The van der Waals surface area contributed by atoms with Crippen LogP contribution in [0.4, 0.5) is 11.8 Å². The van der Waals surface area contributed by atoms with Gasteiger partial charge in [-0.25, -0.2) is 9.78 Å². The van der Waals surface area contributed by atoms with Crippen LogP contribution in [-0.4, -0.2) is 28.1 Å². The van der Waals surface area contributed by atoms with E-state index in [4.69, 9.17) is 10.5 Å². The van der Waals surface area contributed by atoms with Crippen LogP contribution in [-0.2, 0) is 4.74 Å². The highest BCUT2D eigenvalue weighted by molar-refractivity contribution is 7.20. The molecule has 134 valence electrons. The minimum atomic E-state index is -0.460. The van der Waals surface area contributed by atoms with E-state index in [0.717, 1.165) is 11.0 Å². The highest BCUT2D eigenvalue weighted by Crippen LogP contribution is 2.33. The van der Waals surface area contributed by atoms with E-state index in [-0.39, 0.29) is 11.9 Å². The highest BCUT2D eigenvalue weighted by Gasteiger charge is 2.25. The molecule has 2 aromatic rings. The lowest BCUT2D eigenvalue weighted by Crippen LogP contribution is -2.33. The van der Waals surface area contributed by atoms with Crippen LogP contribution in [0.2, 0.25) is 0 Å². The Morgan fingerprint density at radius 2 is 2.15 bits per heavy atom. The number of hydrogen-bond donors (Lipinski definition) is 2. The number of nitrogens with one attached hydrogen (secondary N) is 1. The third kappa shape index (κ3) is 3.69. The third-order valence-electron chi connectivity index (χ3n) is 3.81. The normalized spacial score (nSPS) is 13.6. The molecule has 0 saturated carbocycles. The second-order valence-electron chi connectivity index (χ2n) is 6.20. The largest absolute Gasteiger partial charge is 0.462 e. The number of nitrogen functional groups attached to an aromatic ring is 1. The van der Waals surface area contributed by atoms with Crippen LogP contribution < -0.4 is 11.1 Å². The molecule has 3 rings (SSSR count). The first-order chi connectivity index (χ1) is 12.4. The van der Waals surface area contributed by atoms with Gasteiger partial charge in [-0.2, -0.15) is 4.98 Å². The molecule has 3 N–H and O–H groups in total. The van der Waals surface area contributed by atoms with Crippen molar-refractivity contribution in [2.75, 3.05) is 17.7 Å². The number of anilines is 2. The van der Waals surface area contributed by atoms with Crippen molar-refractivity contribution in [2.24, 2.45) is 0 Å². The Hall–Kier alpha value is -2.89. The van der Waals surface area contributed by atoms with Crippen LogP contribution in [0.5, 0.6) is 0 Å². The van der Waals surface area contributed by atoms with Gasteiger partial charge in [0, 0.05) is 5.57 Å². The quantitative estimate of drug-likeness (QED) is 0.615. The maximum Gasteiger partial charge on any atom is 0.348 e. The molecular formula is C19H20N4O2S. The van der Waals surface area contributed by atoms with E-state index >= 15 is 0 Å². The first-order valence-electron chi connectivity index (χ1n) is 8.23. The lowest BCUT2D eigenvalue weighted by Gasteiger charge is -2.27. The number of ether oxygens (including phenoxy) is 1. The number of aromatic nitrogens is 2. The number of nitrogens with zero attached hydrogens (tertiary/aromatic N) is 2. The second kappa shape index (κ2) is 7.15. The van der Waals surface area contributed by atoms with Crippen molar-refractivity contribution in [3.8, 4) is 0 Å². The standard InChI is InChI=1S/C19H20N4O2S/c1-4-25-17(24)14-11-13-15(21-18(20)22-16(13)26-14)23-19(2,3)12-9-7-5-6-8-10-12/h5-9,11H,4H2,1-3H3,(H3,20,21,22,23). The predicted molar refractivity (Wildman–Crippen MR) is 105 cm³/mol. The SMILES string of the molecule is CCOC(=O)c1cc2c(NC(C)(C)C3=C=CC=CC=C3)nc(N)nc2s1. The summed E-state index contributed by atoms with van der Waals surface area (Å²) in [6.45, 7) is 6.15. The number of carbonyl (C=O) groups is 1. The van der Waals surface area contributed by atoms with Gasteiger partial charge in [-0.05, 0) is 39.0 Å². The number of fused-ring (bicyclic) bond motifs is 1. The molecule has 0 fully saturated rings. The summed E-state index contributed by atoms with van der Waals surface area (Å²) in [5, 5.41) is 4.15. The van der Waals surface area contributed by atoms with Crippen LogP contribution in [0, 0.1) is 0 Å². The number of nitrogens with two attached hydrogens (primary N) is 1. The van der Waals surface area contributed by atoms with Gasteiger partial charge < -0.3 is 15.8 Å². The van der Waals surface area contributed by atoms with E-state index in [2.05, 4.69) is 21.0 Å². The lowest BCUT2D eigenvalue weighted by molar-refractivity contribution is 0.0532. The lowest BCUT2D eigenvalue weighted by atomic mass is 9.94. The molecule has 0 saturated heterocycles. The van der Waals surface area contributed by atoms with Crippen molar-refractivity contribution < 1.29 is 9.53 Å². The van der Waals surface area contributed by atoms with Crippen molar-refractivity contribution in [2.45, 2.75) is 26.3 Å². The molecule has 1 aliphatic carbocycles. The molecule has 0 aliphatic heterocycles. The molecule has 0 aromatic carbocycles. The Kier molecular flexibility index (Phi) is 4.93. The average molecular weight is 368 g/mol. The van der Waals surface area contributed by atoms with Crippen LogP contribution in [0.3, 0.4) is 0 Å². The highest BCUT2D eigenvalue weighted by atomic mass is 32.1. The molecule has 26 heavy (non-hydrogen) atoms. The maximum absolute atomic E-state index is 12.0. The summed E-state index contributed by atoms with van der Waals surface area (Å²) >= 11 is 1.24. The fourth-order valence-electron chi connectivity index (χ4n) is 2.55. The summed E-state index contributed by atoms with van der Waals surface area (Å²) in [6.07, 6.45) is 9.69. The first-order valence-corrected chi connectivity index (χ1v) is 9.05. The van der Waals surface area contributed by atoms with Crippen LogP contribution in [0.25, 0.3) is 10.2 Å². The van der Waals surface area contributed by atoms with Gasteiger partial charge >= 0.3 is 5.97 Å². The zero-order chi connectivity index (χ0) is 18.7. The zero-order valence-corrected chi connectivity index (χ0v) is 15.7. The van der Waals surface area contributed by atoms with E-state index in [0.29, 0.717) is 22.1 Å². The number of rotatable bonds is 5. The second-order valence-corrected chi connectivity index (χ2v) is 7.23. The topological polar surface area (TPSA) is 90.1 Å². The van der Waals surface area contributed by atoms with Gasteiger partial charge in [0.1, 0.15) is 15.5 Å². The Morgan fingerprint density at radius 1 is 1.35 bits per heavy atom. The number of carbonyl (C=O) groups excluding carboxylic acids is 1. The molecule has 2 heterocycles. The van der Waals surface area contributed by atoms with E-state index in [1.807, 2.05) is 44.2 Å². The molecule has 0 radical (unpaired) electrons. The molecule has 0 amide bonds. The summed E-state index contributed by atoms with van der Waals surface area (Å²) in [5.41, 5.74) is 9.63. The van der Waals surface area contributed by atoms with E-state index in [1.54, 1.807) is 13.0 Å². The summed E-state index contributed by atoms with van der Waals surface area (Å²) < 4.78 is 5.07. The van der Waals surface area contributed by atoms with Crippen molar-refractivity contribution >= 4 is 39.3 Å². The summed E-state index contributed by atoms with van der Waals surface area (Å²) in [4.78, 5) is 21.7. The maximum atomic E-state index is 12.0. The van der Waals surface area contributed by atoms with Gasteiger partial charge in [-0.15, -0.1) is 17.1 Å². The van der Waals surface area contributed by atoms with Crippen LogP contribution in [0.1, 0.15) is 30.4 Å². The molecule has 0 spiro atoms. The molecule has 7 heteroatoms. The number of hydrogen-bond acceptors (Lipinski definition) is 7. The molecule has 0 bridgehead atoms. The number of allylic oxidation sites excluding steroid dienone is 3. The summed E-state index contributed by atoms with van der Waals surface area (Å²) in [7, 11) is 0. The fourth-order valence-corrected chi connectivity index (χ4v) is 3.48. The minimum absolute atomic E-state index is 0.149. The summed E-state index contributed by atoms with van der Waals surface area (Å²) in [6, 6.07) is 1.74. The third-order valence-corrected chi connectivity index (χ3v) is 4.82. The fraction of sp³-hybridized carbons (Fsp3) is 0.263. The number of thiophene rings is 1.